The summed E-state index contributed by atoms with van der Waals surface area (Å²) in [4.78, 5) is 9.28. The summed E-state index contributed by atoms with van der Waals surface area (Å²) in [6.07, 6.45) is 0.837. The molecule has 3 aromatic rings. The van der Waals surface area contributed by atoms with Gasteiger partial charge in [0.1, 0.15) is 5.82 Å². The highest BCUT2D eigenvalue weighted by Gasteiger charge is 2.30. The summed E-state index contributed by atoms with van der Waals surface area (Å²) in [6.45, 7) is 12.1. The molecule has 158 valence electrons. The van der Waals surface area contributed by atoms with E-state index in [1.807, 2.05) is 64.1 Å². The average Bonchev–Trinajstić information content (AvgIpc) is 3.20. The molecule has 4 rings (SSSR count). The number of aryl methyl sites for hydroxylation is 2. The third-order valence-corrected chi connectivity index (χ3v) is 6.35. The van der Waals surface area contributed by atoms with Gasteiger partial charge in [-0.2, -0.15) is 0 Å². The molecule has 0 fully saturated rings. The molecule has 1 aliphatic heterocycles. The van der Waals surface area contributed by atoms with Crippen molar-refractivity contribution in [2.45, 2.75) is 48.0 Å². The van der Waals surface area contributed by atoms with Gasteiger partial charge in [-0.3, -0.25) is 8.63 Å². The molecule has 0 bridgehead atoms. The zero-order valence-electron chi connectivity index (χ0n) is 18.8. The van der Waals surface area contributed by atoms with Crippen molar-refractivity contribution in [3.63, 3.8) is 0 Å². The van der Waals surface area contributed by atoms with E-state index < -0.39 is 7.40 Å². The molecule has 1 aromatic heterocycles. The van der Waals surface area contributed by atoms with Gasteiger partial charge in [-0.15, -0.1) is 0 Å². The van der Waals surface area contributed by atoms with E-state index in [0.717, 1.165) is 49.8 Å². The van der Waals surface area contributed by atoms with Crippen LogP contribution in [0.5, 0.6) is 0 Å². The number of fused-ring (bicyclic) bond motifs is 1. The Hall–Kier alpha value is -3.02. The molecule has 6 heteroatoms. The highest BCUT2D eigenvalue weighted by Crippen LogP contribution is 2.41. The Balaban J connectivity index is 2.07. The van der Waals surface area contributed by atoms with Gasteiger partial charge in [-0.05, 0) is 86.6 Å². The van der Waals surface area contributed by atoms with Gasteiger partial charge >= 0.3 is 7.40 Å². The van der Waals surface area contributed by atoms with Gasteiger partial charge in [-0.1, -0.05) is 31.2 Å². The maximum atomic E-state index is 14.5. The van der Waals surface area contributed by atoms with Crippen LogP contribution < -0.4 is 0 Å². The number of halogens is 2. The quantitative estimate of drug-likeness (QED) is 0.401. The zero-order valence-corrected chi connectivity index (χ0v) is 18.8. The van der Waals surface area contributed by atoms with Gasteiger partial charge in [-0.25, -0.2) is 9.98 Å². The first-order valence-corrected chi connectivity index (χ1v) is 10.6. The second kappa shape index (κ2) is 7.91. The van der Waals surface area contributed by atoms with Crippen molar-refractivity contribution >= 4 is 35.5 Å². The Bertz CT molecular complexity index is 1270. The van der Waals surface area contributed by atoms with Crippen LogP contribution in [-0.2, 0) is 0 Å². The fourth-order valence-corrected chi connectivity index (χ4v) is 4.47. The van der Waals surface area contributed by atoms with Gasteiger partial charge in [0, 0.05) is 16.5 Å². The molecule has 2 aromatic carbocycles. The first-order valence-electron chi connectivity index (χ1n) is 10.6. The van der Waals surface area contributed by atoms with Crippen molar-refractivity contribution in [2.75, 3.05) is 0 Å². The zero-order chi connectivity index (χ0) is 22.4. The highest BCUT2D eigenvalue weighted by molar-refractivity contribution is 6.44. The minimum atomic E-state index is -2.73. The fraction of sp³-hybridized carbons (Fsp3) is 0.280. The molecule has 3 nitrogen and oxygen atoms in total. The third kappa shape index (κ3) is 3.44. The topological polar surface area (TPSA) is 29.6 Å². The number of nitrogens with zero attached hydrogens (tertiary/aromatic N) is 3. The van der Waals surface area contributed by atoms with Crippen molar-refractivity contribution < 1.29 is 8.63 Å². The van der Waals surface area contributed by atoms with Crippen molar-refractivity contribution in [3.05, 3.63) is 64.2 Å². The van der Waals surface area contributed by atoms with E-state index in [9.17, 15) is 8.63 Å². The summed E-state index contributed by atoms with van der Waals surface area (Å²) >= 11 is 0. The molecule has 0 aliphatic carbocycles. The van der Waals surface area contributed by atoms with Crippen molar-refractivity contribution in [2.24, 2.45) is 9.98 Å². The summed E-state index contributed by atoms with van der Waals surface area (Å²) in [6, 6.07) is 11.5. The van der Waals surface area contributed by atoms with Crippen molar-refractivity contribution in [3.8, 4) is 11.3 Å². The maximum Gasteiger partial charge on any atom is 0.679 e. The van der Waals surface area contributed by atoms with Crippen molar-refractivity contribution in [1.29, 1.82) is 0 Å². The number of hydrogen-bond acceptors (Lipinski definition) is 1. The first-order chi connectivity index (χ1) is 14.7. The molecular weight excluding hydrogens is 391 g/mol. The third-order valence-electron chi connectivity index (χ3n) is 6.35. The summed E-state index contributed by atoms with van der Waals surface area (Å²) < 4.78 is 30.1. The minimum Gasteiger partial charge on any atom is -0.309 e. The predicted octanol–water partition coefficient (Wildman–Crippen LogP) is 7.24. The summed E-state index contributed by atoms with van der Waals surface area (Å²) in [7, 11) is -2.73. The summed E-state index contributed by atoms with van der Waals surface area (Å²) in [5, 5.41) is 1.47. The molecule has 0 amide bonds. The molecular formula is C25H26BF2N3. The largest absolute Gasteiger partial charge is 0.679 e. The van der Waals surface area contributed by atoms with Crippen LogP contribution in [0, 0.1) is 20.8 Å². The van der Waals surface area contributed by atoms with Gasteiger partial charge in [0.2, 0.25) is 0 Å². The van der Waals surface area contributed by atoms with Crippen LogP contribution in [0.3, 0.4) is 0 Å². The lowest BCUT2D eigenvalue weighted by Gasteiger charge is -2.13. The normalized spacial score (nSPS) is 15.4. The van der Waals surface area contributed by atoms with Gasteiger partial charge in [0.25, 0.3) is 0 Å². The van der Waals surface area contributed by atoms with Crippen LogP contribution >= 0.6 is 0 Å². The van der Waals surface area contributed by atoms with Crippen LogP contribution in [0.25, 0.3) is 22.0 Å². The molecule has 1 aliphatic rings. The second-order valence-corrected chi connectivity index (χ2v) is 8.19. The summed E-state index contributed by atoms with van der Waals surface area (Å²) in [5.74, 6) is 0.766. The number of aromatic nitrogens is 1. The van der Waals surface area contributed by atoms with E-state index in [0.29, 0.717) is 16.9 Å². The maximum absolute atomic E-state index is 14.5. The standard InChI is InChI=1S/C25H26BF2N3/c1-7-20-17(5)24(29-18(20)6)30-25-22-11-9-8-10-21(22)23(31(25)26(27)28)19-12-14(2)16(4)15(3)13-19/h8-13H,7H2,1-6H3/b30-24-. The van der Waals surface area contributed by atoms with Crippen LogP contribution in [0.1, 0.15) is 43.9 Å². The van der Waals surface area contributed by atoms with Gasteiger partial charge < -0.3 is 4.48 Å². The van der Waals surface area contributed by atoms with Crippen molar-refractivity contribution in [1.82, 2.24) is 4.48 Å². The Morgan fingerprint density at radius 2 is 1.58 bits per heavy atom. The van der Waals surface area contributed by atoms with Gasteiger partial charge in [0.05, 0.1) is 5.69 Å². The summed E-state index contributed by atoms with van der Waals surface area (Å²) in [5.41, 5.74) is 7.59. The van der Waals surface area contributed by atoms with E-state index in [4.69, 9.17) is 4.99 Å². The smallest absolute Gasteiger partial charge is 0.309 e. The first kappa shape index (κ1) is 21.2. The monoisotopic (exact) mass is 417 g/mol. The number of benzene rings is 2. The Morgan fingerprint density at radius 1 is 0.968 bits per heavy atom. The lowest BCUT2D eigenvalue weighted by atomic mass is 9.97. The average molecular weight is 417 g/mol. The molecule has 0 atom stereocenters. The fourth-order valence-electron chi connectivity index (χ4n) is 4.47. The molecule has 0 N–H and O–H groups in total. The Morgan fingerprint density at radius 3 is 2.13 bits per heavy atom. The highest BCUT2D eigenvalue weighted by atomic mass is 19.2. The molecule has 0 unspecified atom stereocenters. The second-order valence-electron chi connectivity index (χ2n) is 8.19. The number of hydrogen-bond donors (Lipinski definition) is 0. The Kier molecular flexibility index (Phi) is 5.42. The number of rotatable bonds is 4. The van der Waals surface area contributed by atoms with Crippen LogP contribution in [0.4, 0.5) is 14.4 Å². The van der Waals surface area contributed by atoms with E-state index in [1.54, 1.807) is 0 Å². The predicted molar refractivity (Wildman–Crippen MR) is 128 cm³/mol. The number of aliphatic imine (C=N–C) groups is 2. The van der Waals surface area contributed by atoms with E-state index in [-0.39, 0.29) is 5.82 Å². The molecule has 0 radical (unpaired) electrons. The minimum absolute atomic E-state index is 0.250. The SMILES string of the molecule is CCC1=C(C)/C(=N/c2c3ccccc3c(-c3cc(C)c(C)c(C)c3)n2B(F)F)N=C1C. The molecule has 0 saturated heterocycles. The number of amidine groups is 1. The lowest BCUT2D eigenvalue weighted by Crippen LogP contribution is -2.14. The number of allylic oxidation sites excluding steroid dienone is 1. The molecule has 0 spiro atoms. The Labute approximate surface area is 182 Å². The van der Waals surface area contributed by atoms with Crippen LogP contribution in [-0.4, -0.2) is 23.4 Å². The lowest BCUT2D eigenvalue weighted by molar-refractivity contribution is 0.633. The van der Waals surface area contributed by atoms with Gasteiger partial charge in [0.15, 0.2) is 5.84 Å². The van der Waals surface area contributed by atoms with E-state index >= 15 is 0 Å². The molecule has 31 heavy (non-hydrogen) atoms. The van der Waals surface area contributed by atoms with E-state index in [2.05, 4.69) is 18.8 Å². The van der Waals surface area contributed by atoms with Crippen LogP contribution in [0.2, 0.25) is 0 Å². The molecule has 0 saturated carbocycles. The molecule has 2 heterocycles. The van der Waals surface area contributed by atoms with E-state index in [1.165, 1.54) is 5.56 Å². The van der Waals surface area contributed by atoms with Crippen LogP contribution in [0.15, 0.2) is 57.5 Å².